The highest BCUT2D eigenvalue weighted by atomic mass is 19.1. The Balaban J connectivity index is 1.81. The normalized spacial score (nSPS) is 15.1. The van der Waals surface area contributed by atoms with Gasteiger partial charge in [0.25, 0.3) is 5.69 Å². The number of rotatable bonds is 6. The molecule has 1 N–H and O–H groups in total. The summed E-state index contributed by atoms with van der Waals surface area (Å²) in [5.74, 6) is 0.263. The van der Waals surface area contributed by atoms with Crippen molar-refractivity contribution >= 4 is 11.5 Å². The molecule has 0 aliphatic heterocycles. The quantitative estimate of drug-likeness (QED) is 0.650. The molecule has 1 saturated carbocycles. The fourth-order valence-electron chi connectivity index (χ4n) is 2.67. The van der Waals surface area contributed by atoms with Gasteiger partial charge in [-0.25, -0.2) is 9.37 Å². The van der Waals surface area contributed by atoms with Crippen LogP contribution in [-0.4, -0.2) is 27.6 Å². The highest BCUT2D eigenvalue weighted by Crippen LogP contribution is 2.33. The van der Waals surface area contributed by atoms with E-state index in [4.69, 9.17) is 0 Å². The average Bonchev–Trinajstić information content (AvgIpc) is 3.37. The molecule has 1 unspecified atom stereocenters. The van der Waals surface area contributed by atoms with Gasteiger partial charge in [0.05, 0.1) is 11.0 Å². The number of benzene rings is 1. The predicted octanol–water partition coefficient (Wildman–Crippen LogP) is 3.14. The number of anilines is 1. The molecule has 1 heterocycles. The topological polar surface area (TPSA) is 79.5 Å². The van der Waals surface area contributed by atoms with Crippen molar-refractivity contribution in [3.8, 4) is 0 Å². The number of aliphatic hydroxyl groups excluding tert-OH is 1. The largest absolute Gasteiger partial charge is 0.387 e. The van der Waals surface area contributed by atoms with E-state index in [1.165, 1.54) is 18.3 Å². The maximum Gasteiger partial charge on any atom is 0.290 e. The van der Waals surface area contributed by atoms with E-state index in [1.807, 2.05) is 4.90 Å². The molecule has 0 amide bonds. The fourth-order valence-corrected chi connectivity index (χ4v) is 2.67. The van der Waals surface area contributed by atoms with Gasteiger partial charge in [-0.2, -0.15) is 0 Å². The van der Waals surface area contributed by atoms with Crippen LogP contribution in [0.4, 0.5) is 15.9 Å². The van der Waals surface area contributed by atoms with Gasteiger partial charge in [-0.05, 0) is 43.5 Å². The molecule has 126 valence electrons. The molecule has 2 aromatic rings. The number of aliphatic hydroxyl groups is 1. The van der Waals surface area contributed by atoms with Crippen LogP contribution in [0.15, 0.2) is 36.5 Å². The molecule has 1 atom stereocenters. The van der Waals surface area contributed by atoms with E-state index in [1.54, 1.807) is 25.1 Å². The predicted molar refractivity (Wildman–Crippen MR) is 87.4 cm³/mol. The molecule has 3 rings (SSSR count). The van der Waals surface area contributed by atoms with E-state index < -0.39 is 11.0 Å². The van der Waals surface area contributed by atoms with Crippen LogP contribution in [0.3, 0.4) is 0 Å². The lowest BCUT2D eigenvalue weighted by atomic mass is 10.1. The van der Waals surface area contributed by atoms with E-state index in [0.717, 1.165) is 12.8 Å². The molecule has 0 radical (unpaired) electrons. The number of hydrogen-bond donors (Lipinski definition) is 1. The van der Waals surface area contributed by atoms with Gasteiger partial charge in [-0.3, -0.25) is 10.1 Å². The number of nitro groups is 1. The standard InChI is InChI=1S/C17H18FN3O3/c1-11-8-17(19-9-15(11)21(23)24)20(14-6-7-14)10-16(22)12-2-4-13(18)5-3-12/h2-5,8-9,14,16,22H,6-7,10H2,1H3. The van der Waals surface area contributed by atoms with Gasteiger partial charge in [0.1, 0.15) is 17.8 Å². The number of aromatic nitrogens is 1. The molecule has 1 aromatic carbocycles. The van der Waals surface area contributed by atoms with Crippen molar-refractivity contribution in [1.82, 2.24) is 4.98 Å². The first-order chi connectivity index (χ1) is 11.5. The Morgan fingerprint density at radius 1 is 1.42 bits per heavy atom. The Morgan fingerprint density at radius 3 is 2.62 bits per heavy atom. The van der Waals surface area contributed by atoms with Gasteiger partial charge < -0.3 is 10.0 Å². The van der Waals surface area contributed by atoms with Crippen molar-refractivity contribution in [3.63, 3.8) is 0 Å². The summed E-state index contributed by atoms with van der Waals surface area (Å²) in [5.41, 5.74) is 1.14. The Morgan fingerprint density at radius 2 is 2.08 bits per heavy atom. The number of hydrogen-bond acceptors (Lipinski definition) is 5. The Hall–Kier alpha value is -2.54. The lowest BCUT2D eigenvalue weighted by Crippen LogP contribution is -2.31. The fraction of sp³-hybridized carbons (Fsp3) is 0.353. The van der Waals surface area contributed by atoms with Crippen molar-refractivity contribution in [2.75, 3.05) is 11.4 Å². The molecule has 1 aromatic heterocycles. The van der Waals surface area contributed by atoms with E-state index in [0.29, 0.717) is 23.5 Å². The summed E-state index contributed by atoms with van der Waals surface area (Å²) in [6.45, 7) is 1.98. The summed E-state index contributed by atoms with van der Waals surface area (Å²) in [4.78, 5) is 16.6. The third-order valence-electron chi connectivity index (χ3n) is 4.17. The summed E-state index contributed by atoms with van der Waals surface area (Å²) >= 11 is 0. The smallest absolute Gasteiger partial charge is 0.290 e. The van der Waals surface area contributed by atoms with Gasteiger partial charge in [-0.15, -0.1) is 0 Å². The first kappa shape index (κ1) is 16.3. The molecule has 7 heteroatoms. The molecule has 6 nitrogen and oxygen atoms in total. The first-order valence-corrected chi connectivity index (χ1v) is 7.77. The van der Waals surface area contributed by atoms with Crippen LogP contribution in [0.25, 0.3) is 0 Å². The maximum absolute atomic E-state index is 13.0. The van der Waals surface area contributed by atoms with Gasteiger partial charge in [-0.1, -0.05) is 12.1 Å². The van der Waals surface area contributed by atoms with E-state index in [-0.39, 0.29) is 17.5 Å². The minimum absolute atomic E-state index is 0.0198. The first-order valence-electron chi connectivity index (χ1n) is 7.77. The lowest BCUT2D eigenvalue weighted by Gasteiger charge is -2.26. The number of pyridine rings is 1. The average molecular weight is 331 g/mol. The number of nitrogens with zero attached hydrogens (tertiary/aromatic N) is 3. The van der Waals surface area contributed by atoms with Crippen molar-refractivity contribution in [1.29, 1.82) is 0 Å². The van der Waals surface area contributed by atoms with Crippen LogP contribution in [0.5, 0.6) is 0 Å². The third-order valence-corrected chi connectivity index (χ3v) is 4.17. The van der Waals surface area contributed by atoms with E-state index >= 15 is 0 Å². The zero-order valence-electron chi connectivity index (χ0n) is 13.2. The van der Waals surface area contributed by atoms with Crippen molar-refractivity contribution in [2.24, 2.45) is 0 Å². The van der Waals surface area contributed by atoms with Crippen molar-refractivity contribution in [2.45, 2.75) is 31.9 Å². The van der Waals surface area contributed by atoms with E-state index in [2.05, 4.69) is 4.98 Å². The van der Waals surface area contributed by atoms with Crippen LogP contribution in [0.1, 0.15) is 30.1 Å². The summed E-state index contributed by atoms with van der Waals surface area (Å²) in [6, 6.07) is 7.68. The molecule has 0 spiro atoms. The lowest BCUT2D eigenvalue weighted by molar-refractivity contribution is -0.385. The van der Waals surface area contributed by atoms with Gasteiger partial charge >= 0.3 is 0 Å². The second kappa shape index (κ2) is 6.52. The summed E-state index contributed by atoms with van der Waals surface area (Å²) in [7, 11) is 0. The second-order valence-electron chi connectivity index (χ2n) is 6.04. The molecule has 24 heavy (non-hydrogen) atoms. The van der Waals surface area contributed by atoms with Crippen LogP contribution >= 0.6 is 0 Å². The Kier molecular flexibility index (Phi) is 4.44. The molecule has 1 aliphatic rings. The van der Waals surface area contributed by atoms with Crippen molar-refractivity contribution in [3.05, 3.63) is 63.6 Å². The molecule has 0 saturated heterocycles. The van der Waals surface area contributed by atoms with Gasteiger partial charge in [0, 0.05) is 18.2 Å². The highest BCUT2D eigenvalue weighted by molar-refractivity contribution is 5.50. The molecule has 1 fully saturated rings. The highest BCUT2D eigenvalue weighted by Gasteiger charge is 2.32. The molecule has 0 bridgehead atoms. The monoisotopic (exact) mass is 331 g/mol. The summed E-state index contributed by atoms with van der Waals surface area (Å²) in [5, 5.41) is 21.4. The zero-order valence-corrected chi connectivity index (χ0v) is 13.2. The number of halogens is 1. The SMILES string of the molecule is Cc1cc(N(CC(O)c2ccc(F)cc2)C2CC2)ncc1[N+](=O)[O-]. The van der Waals surface area contributed by atoms with Crippen LogP contribution in [0, 0.1) is 22.9 Å². The number of aryl methyl sites for hydroxylation is 1. The van der Waals surface area contributed by atoms with Crippen molar-refractivity contribution < 1.29 is 14.4 Å². The molecular formula is C17H18FN3O3. The van der Waals surface area contributed by atoms with Gasteiger partial charge in [0.2, 0.25) is 0 Å². The zero-order chi connectivity index (χ0) is 17.3. The second-order valence-corrected chi connectivity index (χ2v) is 6.04. The Labute approximate surface area is 138 Å². The maximum atomic E-state index is 13.0. The summed E-state index contributed by atoms with van der Waals surface area (Å²) < 4.78 is 13.0. The summed E-state index contributed by atoms with van der Waals surface area (Å²) in [6.07, 6.45) is 2.45. The van der Waals surface area contributed by atoms with Gasteiger partial charge in [0.15, 0.2) is 0 Å². The minimum atomic E-state index is -0.788. The molecule has 1 aliphatic carbocycles. The van der Waals surface area contributed by atoms with Crippen LogP contribution < -0.4 is 4.90 Å². The van der Waals surface area contributed by atoms with Crippen LogP contribution in [-0.2, 0) is 0 Å². The van der Waals surface area contributed by atoms with Crippen LogP contribution in [0.2, 0.25) is 0 Å². The van der Waals surface area contributed by atoms with E-state index in [9.17, 15) is 19.6 Å². The molecular weight excluding hydrogens is 313 g/mol. The third kappa shape index (κ3) is 3.51. The minimum Gasteiger partial charge on any atom is -0.387 e. The Bertz CT molecular complexity index is 747.